The van der Waals surface area contributed by atoms with Gasteiger partial charge < -0.3 is 14.3 Å². The van der Waals surface area contributed by atoms with Crippen LogP contribution in [0.5, 0.6) is 0 Å². The van der Waals surface area contributed by atoms with Crippen LogP contribution in [0.1, 0.15) is 23.9 Å². The average Bonchev–Trinajstić information content (AvgIpc) is 3.00. The van der Waals surface area contributed by atoms with Crippen LogP contribution in [-0.4, -0.2) is 0 Å². The van der Waals surface area contributed by atoms with Crippen molar-refractivity contribution in [2.45, 2.75) is 25.7 Å². The van der Waals surface area contributed by atoms with Gasteiger partial charge in [-0.2, -0.15) is 4.73 Å². The number of pyridine rings is 1. The van der Waals surface area contributed by atoms with Crippen molar-refractivity contribution >= 4 is 35.5 Å². The van der Waals surface area contributed by atoms with Crippen molar-refractivity contribution in [3.8, 4) is 0 Å². The van der Waals surface area contributed by atoms with E-state index >= 15 is 0 Å². The molecule has 6 heteroatoms. The molecule has 0 aliphatic rings. The quantitative estimate of drug-likeness (QED) is 0.130. The fourth-order valence-electron chi connectivity index (χ4n) is 4.99. The summed E-state index contributed by atoms with van der Waals surface area (Å²) in [5.41, 5.74) is 1.80. The lowest BCUT2D eigenvalue weighted by atomic mass is 10.1. The van der Waals surface area contributed by atoms with E-state index in [9.17, 15) is 14.3 Å². The zero-order valence-electron chi connectivity index (χ0n) is 21.9. The van der Waals surface area contributed by atoms with Gasteiger partial charge in [-0.15, -0.1) is 0 Å². The topological polar surface area (TPSA) is 61.1 Å². The third-order valence-electron chi connectivity index (χ3n) is 7.10. The van der Waals surface area contributed by atoms with Gasteiger partial charge in [0, 0.05) is 33.4 Å². The maximum Gasteiger partial charge on any atom is 0.201 e. The van der Waals surface area contributed by atoms with E-state index in [1.807, 2.05) is 140 Å². The first-order valence-corrected chi connectivity index (χ1v) is 16.9. The summed E-state index contributed by atoms with van der Waals surface area (Å²) in [4.78, 5) is 0. The van der Waals surface area contributed by atoms with Crippen LogP contribution in [0.15, 0.2) is 133 Å². The van der Waals surface area contributed by atoms with Crippen LogP contribution in [0.25, 0.3) is 0 Å². The summed E-state index contributed by atoms with van der Waals surface area (Å²) in [6, 6.07) is 41.2. The highest BCUT2D eigenvalue weighted by Crippen LogP contribution is 2.48. The summed E-state index contributed by atoms with van der Waals surface area (Å²) in [6.07, 6.45) is 0.849. The molecule has 0 radical (unpaired) electrons. The first-order valence-electron chi connectivity index (χ1n) is 13.1. The molecule has 5 aromatic rings. The molecule has 1 heterocycles. The lowest BCUT2D eigenvalue weighted by Crippen LogP contribution is -2.39. The summed E-state index contributed by atoms with van der Waals surface area (Å²) in [5, 5.41) is 16.8. The predicted octanol–water partition coefficient (Wildman–Crippen LogP) is 5.91. The second kappa shape index (κ2) is 11.6. The summed E-state index contributed by atoms with van der Waals surface area (Å²) < 4.78 is 30.4. The van der Waals surface area contributed by atoms with Gasteiger partial charge in [0.05, 0.1) is 12.3 Å². The van der Waals surface area contributed by atoms with Crippen molar-refractivity contribution in [1.29, 1.82) is 0 Å². The zero-order valence-corrected chi connectivity index (χ0v) is 23.7. The number of aryl methyl sites for hydroxylation is 1. The lowest BCUT2D eigenvalue weighted by molar-refractivity contribution is -0.620. The molecule has 5 rings (SSSR count). The van der Waals surface area contributed by atoms with Gasteiger partial charge >= 0.3 is 0 Å². The highest BCUT2D eigenvalue weighted by molar-refractivity contribution is 7.78. The fourth-order valence-corrected chi connectivity index (χ4v) is 10.3. The number of aromatic nitrogens is 1. The molecule has 0 unspecified atom stereocenters. The number of rotatable bonds is 9. The molecule has 0 bridgehead atoms. The Hall–Kier alpha value is -3.71. The molecule has 0 fully saturated rings. The maximum atomic E-state index is 14.8. The Morgan fingerprint density at radius 2 is 0.821 bits per heavy atom. The van der Waals surface area contributed by atoms with E-state index in [1.165, 1.54) is 0 Å². The van der Waals surface area contributed by atoms with Crippen LogP contribution < -0.4 is 25.9 Å². The van der Waals surface area contributed by atoms with Crippen LogP contribution in [-0.2, 0) is 27.9 Å². The molecule has 1 aromatic heterocycles. The van der Waals surface area contributed by atoms with E-state index in [0.29, 0.717) is 39.0 Å². The minimum absolute atomic E-state index is 0.0757. The molecule has 0 atom stereocenters. The number of benzene rings is 4. The van der Waals surface area contributed by atoms with Crippen molar-refractivity contribution in [3.05, 3.63) is 156 Å². The third kappa shape index (κ3) is 5.55. The Bertz CT molecular complexity index is 1430. The van der Waals surface area contributed by atoms with Gasteiger partial charge in [-0.25, -0.2) is 0 Å². The highest BCUT2D eigenvalue weighted by atomic mass is 31.2. The Morgan fingerprint density at radius 1 is 0.538 bits per heavy atom. The predicted molar refractivity (Wildman–Crippen MR) is 162 cm³/mol. The second-order valence-electron chi connectivity index (χ2n) is 9.63. The van der Waals surface area contributed by atoms with Crippen molar-refractivity contribution in [1.82, 2.24) is 0 Å². The number of hydrogen-bond acceptors (Lipinski definition) is 3. The van der Waals surface area contributed by atoms with Crippen LogP contribution in [0.3, 0.4) is 0 Å². The molecule has 0 aliphatic carbocycles. The average molecular weight is 552 g/mol. The first-order chi connectivity index (χ1) is 18.9. The van der Waals surface area contributed by atoms with Crippen molar-refractivity contribution in [3.63, 3.8) is 0 Å². The zero-order chi connectivity index (χ0) is 27.3. The molecule has 0 saturated carbocycles. The molecule has 0 amide bonds. The van der Waals surface area contributed by atoms with Crippen LogP contribution >= 0.6 is 14.3 Å². The van der Waals surface area contributed by atoms with Crippen LogP contribution in [0.4, 0.5) is 0 Å². The Labute approximate surface area is 230 Å². The van der Waals surface area contributed by atoms with E-state index in [-0.39, 0.29) is 12.3 Å². The number of hydrogen-bond donors (Lipinski definition) is 0. The molecule has 0 aliphatic heterocycles. The maximum absolute atomic E-state index is 14.8. The second-order valence-corrected chi connectivity index (χ2v) is 15.3. The van der Waals surface area contributed by atoms with E-state index in [0.717, 1.165) is 10.3 Å². The number of nitrogens with zero attached hydrogens (tertiary/aromatic N) is 1. The molecule has 4 nitrogen and oxygen atoms in total. The first kappa shape index (κ1) is 26.9. The van der Waals surface area contributed by atoms with Gasteiger partial charge in [-0.05, 0) is 12.0 Å². The smallest absolute Gasteiger partial charge is 0.201 e. The normalized spacial score (nSPS) is 11.8. The molecule has 0 spiro atoms. The highest BCUT2D eigenvalue weighted by Gasteiger charge is 2.34. The Balaban J connectivity index is 1.64. The van der Waals surface area contributed by atoms with Crippen molar-refractivity contribution in [2.75, 3.05) is 0 Å². The summed E-state index contributed by atoms with van der Waals surface area (Å²) in [7, 11) is -6.36. The molecule has 4 aromatic carbocycles. The van der Waals surface area contributed by atoms with Gasteiger partial charge in [0.15, 0.2) is 14.3 Å². The molecule has 0 N–H and O–H groups in total. The van der Waals surface area contributed by atoms with Crippen molar-refractivity contribution < 1.29 is 13.9 Å². The summed E-state index contributed by atoms with van der Waals surface area (Å²) in [6.45, 7) is 2.03. The van der Waals surface area contributed by atoms with E-state index < -0.39 is 14.3 Å². The Kier molecular flexibility index (Phi) is 7.98. The van der Waals surface area contributed by atoms with Gasteiger partial charge in [-0.3, -0.25) is 0 Å². The standard InChI is InChI=1S/C33H31NO3P2/c1-2-27-23-28(25-38(36,30-15-7-3-8-16-30)31-17-9-4-10-18-31)34(35)29(24-27)26-39(37,32-19-11-5-12-20-32)33-21-13-6-14-22-33/h3-24H,2,25-26H2,1H3. The Morgan fingerprint density at radius 3 is 1.08 bits per heavy atom. The largest absolute Gasteiger partial charge is 0.618 e. The molecule has 196 valence electrons. The van der Waals surface area contributed by atoms with Gasteiger partial charge in [0.25, 0.3) is 0 Å². The molecular weight excluding hydrogens is 520 g/mol. The SMILES string of the molecule is CCc1cc(CP(=O)(c2ccccc2)c2ccccc2)[n+]([O-])c(CP(=O)(c2ccccc2)c2ccccc2)c1. The summed E-state index contributed by atoms with van der Waals surface area (Å²) >= 11 is 0. The van der Waals surface area contributed by atoms with Crippen molar-refractivity contribution in [2.24, 2.45) is 0 Å². The van der Waals surface area contributed by atoms with Gasteiger partial charge in [0.1, 0.15) is 0 Å². The molecule has 39 heavy (non-hydrogen) atoms. The van der Waals surface area contributed by atoms with E-state index in [2.05, 4.69) is 0 Å². The lowest BCUT2D eigenvalue weighted by Gasteiger charge is -2.22. The minimum atomic E-state index is -3.18. The van der Waals surface area contributed by atoms with Crippen LogP contribution in [0, 0.1) is 5.21 Å². The van der Waals surface area contributed by atoms with E-state index in [4.69, 9.17) is 0 Å². The minimum Gasteiger partial charge on any atom is -0.618 e. The molecular formula is C33H31NO3P2. The van der Waals surface area contributed by atoms with Gasteiger partial charge in [0.2, 0.25) is 11.4 Å². The van der Waals surface area contributed by atoms with E-state index in [1.54, 1.807) is 0 Å². The van der Waals surface area contributed by atoms with Gasteiger partial charge in [-0.1, -0.05) is 128 Å². The third-order valence-corrected chi connectivity index (χ3v) is 13.2. The monoisotopic (exact) mass is 551 g/mol. The van der Waals surface area contributed by atoms with Crippen LogP contribution in [0.2, 0.25) is 0 Å². The fraction of sp³-hybridized carbons (Fsp3) is 0.121. The molecule has 0 saturated heterocycles. The summed E-state index contributed by atoms with van der Waals surface area (Å²) in [5.74, 6) is 0.